The summed E-state index contributed by atoms with van der Waals surface area (Å²) in [7, 11) is 3.22. The average molecular weight is 359 g/mol. The maximum absolute atomic E-state index is 12.6. The van der Waals surface area contributed by atoms with Crippen LogP contribution in [0.4, 0.5) is 0 Å². The average Bonchev–Trinajstić information content (AvgIpc) is 2.66. The lowest BCUT2D eigenvalue weighted by Crippen LogP contribution is -2.34. The van der Waals surface area contributed by atoms with Gasteiger partial charge in [-0.05, 0) is 43.2 Å². The number of amides is 1. The number of thioether (sulfide) groups is 1. The molecule has 0 aliphatic carbocycles. The van der Waals surface area contributed by atoms with E-state index in [9.17, 15) is 4.79 Å². The van der Waals surface area contributed by atoms with E-state index in [0.717, 1.165) is 16.9 Å². The van der Waals surface area contributed by atoms with Crippen molar-refractivity contribution in [1.82, 2.24) is 5.32 Å². The van der Waals surface area contributed by atoms with Gasteiger partial charge in [0.1, 0.15) is 0 Å². The zero-order chi connectivity index (χ0) is 18.2. The fourth-order valence-corrected chi connectivity index (χ4v) is 3.43. The standard InChI is InChI=1S/C20H25NO3S/c1-5-17(15-11-12-18(23-3)19(13-15)24-4)21-20(22)14(2)25-16-9-7-6-8-10-16/h6-14,17H,5H2,1-4H3,(H,21,22). The maximum Gasteiger partial charge on any atom is 0.233 e. The molecule has 0 aliphatic heterocycles. The van der Waals surface area contributed by atoms with E-state index in [4.69, 9.17) is 9.47 Å². The SMILES string of the molecule is CCC(NC(=O)C(C)Sc1ccccc1)c1ccc(OC)c(OC)c1. The van der Waals surface area contributed by atoms with Gasteiger partial charge in [0, 0.05) is 4.90 Å². The topological polar surface area (TPSA) is 47.6 Å². The Morgan fingerprint density at radius 1 is 1.08 bits per heavy atom. The van der Waals surface area contributed by atoms with Gasteiger partial charge in [-0.3, -0.25) is 4.79 Å². The van der Waals surface area contributed by atoms with Crippen molar-refractivity contribution in [3.8, 4) is 11.5 Å². The molecule has 0 radical (unpaired) electrons. The van der Waals surface area contributed by atoms with Crippen molar-refractivity contribution >= 4 is 17.7 Å². The molecule has 0 heterocycles. The molecule has 0 saturated heterocycles. The van der Waals surface area contributed by atoms with Crippen LogP contribution in [0.25, 0.3) is 0 Å². The summed E-state index contributed by atoms with van der Waals surface area (Å²) in [4.78, 5) is 13.7. The summed E-state index contributed by atoms with van der Waals surface area (Å²) in [5, 5.41) is 2.97. The number of methoxy groups -OCH3 is 2. The molecule has 2 rings (SSSR count). The van der Waals surface area contributed by atoms with E-state index in [1.54, 1.807) is 26.0 Å². The Morgan fingerprint density at radius 2 is 1.76 bits per heavy atom. The van der Waals surface area contributed by atoms with Crippen LogP contribution in [0.1, 0.15) is 31.9 Å². The molecule has 1 N–H and O–H groups in total. The number of rotatable bonds is 8. The molecule has 0 aromatic heterocycles. The molecule has 134 valence electrons. The molecule has 4 nitrogen and oxygen atoms in total. The van der Waals surface area contributed by atoms with E-state index in [2.05, 4.69) is 12.2 Å². The van der Waals surface area contributed by atoms with E-state index in [-0.39, 0.29) is 17.2 Å². The molecule has 2 aromatic carbocycles. The lowest BCUT2D eigenvalue weighted by molar-refractivity contribution is -0.121. The molecular weight excluding hydrogens is 334 g/mol. The third kappa shape index (κ3) is 5.16. The molecular formula is C20H25NO3S. The van der Waals surface area contributed by atoms with E-state index in [0.29, 0.717) is 11.5 Å². The zero-order valence-corrected chi connectivity index (χ0v) is 15.9. The first-order valence-corrected chi connectivity index (χ1v) is 9.21. The summed E-state index contributed by atoms with van der Waals surface area (Å²) in [6.07, 6.45) is 0.796. The maximum atomic E-state index is 12.6. The number of carbonyl (C=O) groups excluding carboxylic acids is 1. The van der Waals surface area contributed by atoms with Crippen LogP contribution in [0.5, 0.6) is 11.5 Å². The van der Waals surface area contributed by atoms with Gasteiger partial charge in [-0.2, -0.15) is 0 Å². The first-order valence-electron chi connectivity index (χ1n) is 8.33. The minimum absolute atomic E-state index is 0.0236. The third-order valence-corrected chi connectivity index (χ3v) is 5.07. The van der Waals surface area contributed by atoms with Gasteiger partial charge in [0.25, 0.3) is 0 Å². The summed E-state index contributed by atoms with van der Waals surface area (Å²) in [5.41, 5.74) is 1.01. The van der Waals surface area contributed by atoms with Crippen molar-refractivity contribution in [2.24, 2.45) is 0 Å². The second-order valence-electron chi connectivity index (χ2n) is 5.66. The third-order valence-electron chi connectivity index (χ3n) is 3.96. The Bertz CT molecular complexity index is 691. The molecule has 0 saturated carbocycles. The second-order valence-corrected chi connectivity index (χ2v) is 7.07. The second kappa shape index (κ2) is 9.37. The van der Waals surface area contributed by atoms with Crippen LogP contribution in [-0.4, -0.2) is 25.4 Å². The molecule has 0 bridgehead atoms. The highest BCUT2D eigenvalue weighted by Gasteiger charge is 2.20. The van der Waals surface area contributed by atoms with E-state index >= 15 is 0 Å². The number of ether oxygens (including phenoxy) is 2. The lowest BCUT2D eigenvalue weighted by atomic mass is 10.0. The van der Waals surface area contributed by atoms with Gasteiger partial charge < -0.3 is 14.8 Å². The van der Waals surface area contributed by atoms with Crippen molar-refractivity contribution in [2.75, 3.05) is 14.2 Å². The van der Waals surface area contributed by atoms with Crippen molar-refractivity contribution in [2.45, 2.75) is 36.5 Å². The summed E-state index contributed by atoms with van der Waals surface area (Å²) in [6.45, 7) is 3.98. The van der Waals surface area contributed by atoms with Crippen molar-refractivity contribution in [3.05, 3.63) is 54.1 Å². The van der Waals surface area contributed by atoms with Crippen LogP contribution >= 0.6 is 11.8 Å². The summed E-state index contributed by atoms with van der Waals surface area (Å²) < 4.78 is 10.6. The molecule has 25 heavy (non-hydrogen) atoms. The molecule has 0 fully saturated rings. The minimum Gasteiger partial charge on any atom is -0.493 e. The van der Waals surface area contributed by atoms with Crippen LogP contribution in [-0.2, 0) is 4.79 Å². The van der Waals surface area contributed by atoms with E-state index in [1.165, 1.54) is 0 Å². The van der Waals surface area contributed by atoms with Gasteiger partial charge in [0.05, 0.1) is 25.5 Å². The summed E-state index contributed by atoms with van der Waals surface area (Å²) in [5.74, 6) is 1.37. The lowest BCUT2D eigenvalue weighted by Gasteiger charge is -2.21. The molecule has 2 unspecified atom stereocenters. The molecule has 5 heteroatoms. The highest BCUT2D eigenvalue weighted by Crippen LogP contribution is 2.31. The normalized spacial score (nSPS) is 13.0. The van der Waals surface area contributed by atoms with Crippen LogP contribution in [0.15, 0.2) is 53.4 Å². The van der Waals surface area contributed by atoms with E-state index in [1.807, 2.05) is 55.5 Å². The highest BCUT2D eigenvalue weighted by molar-refractivity contribution is 8.00. The molecule has 0 spiro atoms. The monoisotopic (exact) mass is 359 g/mol. The largest absolute Gasteiger partial charge is 0.493 e. The predicted molar refractivity (Wildman–Crippen MR) is 102 cm³/mol. The van der Waals surface area contributed by atoms with Gasteiger partial charge in [0.15, 0.2) is 11.5 Å². The number of nitrogens with one attached hydrogen (secondary N) is 1. The molecule has 2 aromatic rings. The van der Waals surface area contributed by atoms with Crippen LogP contribution in [0.2, 0.25) is 0 Å². The number of hydrogen-bond donors (Lipinski definition) is 1. The van der Waals surface area contributed by atoms with Gasteiger partial charge in [0.2, 0.25) is 5.91 Å². The van der Waals surface area contributed by atoms with Crippen molar-refractivity contribution in [3.63, 3.8) is 0 Å². The molecule has 1 amide bonds. The zero-order valence-electron chi connectivity index (χ0n) is 15.1. The van der Waals surface area contributed by atoms with Gasteiger partial charge in [-0.15, -0.1) is 11.8 Å². The fraction of sp³-hybridized carbons (Fsp3) is 0.350. The minimum atomic E-state index is -0.170. The molecule has 0 aliphatic rings. The first-order chi connectivity index (χ1) is 12.1. The van der Waals surface area contributed by atoms with E-state index < -0.39 is 0 Å². The number of benzene rings is 2. The first kappa shape index (κ1) is 19.2. The Balaban J connectivity index is 2.06. The van der Waals surface area contributed by atoms with Crippen LogP contribution in [0.3, 0.4) is 0 Å². The summed E-state index contributed by atoms with van der Waals surface area (Å²) >= 11 is 1.56. The van der Waals surface area contributed by atoms with Gasteiger partial charge in [-0.1, -0.05) is 31.2 Å². The van der Waals surface area contributed by atoms with Crippen LogP contribution in [0, 0.1) is 0 Å². The number of carbonyl (C=O) groups is 1. The quantitative estimate of drug-likeness (QED) is 0.707. The Morgan fingerprint density at radius 3 is 2.36 bits per heavy atom. The Hall–Kier alpha value is -2.14. The van der Waals surface area contributed by atoms with Gasteiger partial charge >= 0.3 is 0 Å². The smallest absolute Gasteiger partial charge is 0.233 e. The number of hydrogen-bond acceptors (Lipinski definition) is 4. The van der Waals surface area contributed by atoms with Crippen LogP contribution < -0.4 is 14.8 Å². The summed E-state index contributed by atoms with van der Waals surface area (Å²) in [6, 6.07) is 15.6. The van der Waals surface area contributed by atoms with Gasteiger partial charge in [-0.25, -0.2) is 0 Å². The fourth-order valence-electron chi connectivity index (χ4n) is 2.54. The Labute approximate surface area is 153 Å². The van der Waals surface area contributed by atoms with Crippen molar-refractivity contribution in [1.29, 1.82) is 0 Å². The van der Waals surface area contributed by atoms with Crippen molar-refractivity contribution < 1.29 is 14.3 Å². The Kier molecular flexibility index (Phi) is 7.19. The predicted octanol–water partition coefficient (Wildman–Crippen LogP) is 4.45. The highest BCUT2D eigenvalue weighted by atomic mass is 32.2. The molecule has 2 atom stereocenters.